The van der Waals surface area contributed by atoms with Crippen molar-refractivity contribution in [3.8, 4) is 0 Å². The van der Waals surface area contributed by atoms with Gasteiger partial charge in [-0.05, 0) is 43.2 Å². The van der Waals surface area contributed by atoms with Crippen LogP contribution in [0, 0.1) is 19.8 Å². The SMILES string of the molecule is Cc1ccc(C)c(NC(=O)C(=O)C2C(=O)N(c3ccccc3)N=C2N)c1. The fourth-order valence-electron chi connectivity index (χ4n) is 2.66. The number of para-hydroxylation sites is 1. The predicted molar refractivity (Wildman–Crippen MR) is 98.6 cm³/mol. The van der Waals surface area contributed by atoms with Crippen molar-refractivity contribution in [2.24, 2.45) is 16.8 Å². The Morgan fingerprint density at radius 1 is 1.12 bits per heavy atom. The quantitative estimate of drug-likeness (QED) is 0.647. The molecule has 0 spiro atoms. The standard InChI is InChI=1S/C19H18N4O3/c1-11-8-9-12(2)14(10-11)21-18(25)16(24)15-17(20)22-23(19(15)26)13-6-4-3-5-7-13/h3-10,15H,1-2H3,(H2,20,22)(H,21,25). The largest absolute Gasteiger partial charge is 0.385 e. The van der Waals surface area contributed by atoms with E-state index in [0.29, 0.717) is 11.4 Å². The molecule has 7 heteroatoms. The summed E-state index contributed by atoms with van der Waals surface area (Å²) in [7, 11) is 0. The molecule has 1 aliphatic heterocycles. The summed E-state index contributed by atoms with van der Waals surface area (Å²) in [5, 5.41) is 7.54. The number of rotatable bonds is 4. The lowest BCUT2D eigenvalue weighted by Crippen LogP contribution is -2.41. The first kappa shape index (κ1) is 17.3. The second kappa shape index (κ2) is 6.79. The van der Waals surface area contributed by atoms with Crippen LogP contribution in [0.2, 0.25) is 0 Å². The molecule has 0 fully saturated rings. The first-order valence-electron chi connectivity index (χ1n) is 8.04. The first-order chi connectivity index (χ1) is 12.4. The summed E-state index contributed by atoms with van der Waals surface area (Å²) in [5.41, 5.74) is 8.51. The number of nitrogens with one attached hydrogen (secondary N) is 1. The molecule has 1 unspecified atom stereocenters. The summed E-state index contributed by atoms with van der Waals surface area (Å²) in [4.78, 5) is 37.4. The fraction of sp³-hybridized carbons (Fsp3) is 0.158. The molecule has 0 bridgehead atoms. The molecule has 3 N–H and O–H groups in total. The van der Waals surface area contributed by atoms with Crippen LogP contribution in [0.4, 0.5) is 11.4 Å². The zero-order valence-electron chi connectivity index (χ0n) is 14.4. The van der Waals surface area contributed by atoms with Gasteiger partial charge >= 0.3 is 0 Å². The highest BCUT2D eigenvalue weighted by atomic mass is 16.2. The Labute approximate surface area is 150 Å². The number of Topliss-reactive ketones (excluding diaryl/α,β-unsaturated/α-hetero) is 1. The van der Waals surface area contributed by atoms with Crippen LogP contribution < -0.4 is 16.1 Å². The molecule has 1 aliphatic rings. The number of hydrazone groups is 1. The number of hydrogen-bond acceptors (Lipinski definition) is 5. The summed E-state index contributed by atoms with van der Waals surface area (Å²) < 4.78 is 0. The topological polar surface area (TPSA) is 105 Å². The molecule has 1 atom stereocenters. The summed E-state index contributed by atoms with van der Waals surface area (Å²) >= 11 is 0. The van der Waals surface area contributed by atoms with E-state index >= 15 is 0 Å². The van der Waals surface area contributed by atoms with Crippen LogP contribution in [0.5, 0.6) is 0 Å². The van der Waals surface area contributed by atoms with Gasteiger partial charge in [-0.1, -0.05) is 30.3 Å². The van der Waals surface area contributed by atoms with Crippen LogP contribution in [0.25, 0.3) is 0 Å². The van der Waals surface area contributed by atoms with Crippen molar-refractivity contribution in [2.75, 3.05) is 10.3 Å². The average molecular weight is 350 g/mol. The van der Waals surface area contributed by atoms with Crippen molar-refractivity contribution in [3.05, 3.63) is 59.7 Å². The number of amidine groups is 1. The van der Waals surface area contributed by atoms with E-state index in [0.717, 1.165) is 16.1 Å². The molecule has 0 aromatic heterocycles. The Balaban J connectivity index is 1.79. The molecule has 3 rings (SSSR count). The minimum Gasteiger partial charge on any atom is -0.385 e. The molecule has 0 radical (unpaired) electrons. The predicted octanol–water partition coefficient (Wildman–Crippen LogP) is 1.75. The van der Waals surface area contributed by atoms with Gasteiger partial charge in [-0.15, -0.1) is 0 Å². The number of benzene rings is 2. The Kier molecular flexibility index (Phi) is 4.53. The summed E-state index contributed by atoms with van der Waals surface area (Å²) in [6, 6.07) is 14.1. The second-order valence-electron chi connectivity index (χ2n) is 6.08. The van der Waals surface area contributed by atoms with Crippen molar-refractivity contribution >= 4 is 34.8 Å². The Hall–Kier alpha value is -3.48. The number of anilines is 2. The van der Waals surface area contributed by atoms with E-state index in [1.54, 1.807) is 36.4 Å². The Morgan fingerprint density at radius 2 is 1.81 bits per heavy atom. The normalized spacial score (nSPS) is 16.4. The first-order valence-corrected chi connectivity index (χ1v) is 8.04. The zero-order chi connectivity index (χ0) is 18.8. The van der Waals surface area contributed by atoms with Gasteiger partial charge in [0.15, 0.2) is 5.92 Å². The maximum Gasteiger partial charge on any atom is 0.293 e. The smallest absolute Gasteiger partial charge is 0.293 e. The van der Waals surface area contributed by atoms with E-state index in [1.807, 2.05) is 26.0 Å². The molecule has 2 aromatic rings. The van der Waals surface area contributed by atoms with Crippen LogP contribution in [0.1, 0.15) is 11.1 Å². The van der Waals surface area contributed by atoms with Crippen molar-refractivity contribution in [2.45, 2.75) is 13.8 Å². The van der Waals surface area contributed by atoms with Gasteiger partial charge in [0.05, 0.1) is 5.69 Å². The van der Waals surface area contributed by atoms with Crippen LogP contribution in [0.3, 0.4) is 0 Å². The number of amides is 2. The fourth-order valence-corrected chi connectivity index (χ4v) is 2.66. The molecule has 26 heavy (non-hydrogen) atoms. The maximum absolute atomic E-state index is 12.6. The van der Waals surface area contributed by atoms with E-state index in [4.69, 9.17) is 5.73 Å². The molecule has 1 heterocycles. The Bertz CT molecular complexity index is 922. The number of carbonyl (C=O) groups is 3. The van der Waals surface area contributed by atoms with Gasteiger partial charge in [-0.2, -0.15) is 10.1 Å². The van der Waals surface area contributed by atoms with Gasteiger partial charge < -0.3 is 11.1 Å². The van der Waals surface area contributed by atoms with Crippen LogP contribution in [-0.2, 0) is 14.4 Å². The van der Waals surface area contributed by atoms with Crippen molar-refractivity contribution in [3.63, 3.8) is 0 Å². The van der Waals surface area contributed by atoms with Gasteiger partial charge in [0.25, 0.3) is 11.8 Å². The molecular formula is C19H18N4O3. The maximum atomic E-state index is 12.6. The molecule has 0 saturated heterocycles. The lowest BCUT2D eigenvalue weighted by atomic mass is 10.0. The number of nitrogens with zero attached hydrogens (tertiary/aromatic N) is 2. The summed E-state index contributed by atoms with van der Waals surface area (Å²) in [6.07, 6.45) is 0. The van der Waals surface area contributed by atoms with E-state index in [-0.39, 0.29) is 5.84 Å². The zero-order valence-corrected chi connectivity index (χ0v) is 14.4. The molecule has 7 nitrogen and oxygen atoms in total. The number of aryl methyl sites for hydroxylation is 2. The minimum atomic E-state index is -1.42. The van der Waals surface area contributed by atoms with Crippen LogP contribution in [0.15, 0.2) is 53.6 Å². The van der Waals surface area contributed by atoms with Gasteiger partial charge in [-0.3, -0.25) is 14.4 Å². The van der Waals surface area contributed by atoms with Crippen LogP contribution >= 0.6 is 0 Å². The van der Waals surface area contributed by atoms with Crippen molar-refractivity contribution in [1.29, 1.82) is 0 Å². The lowest BCUT2D eigenvalue weighted by molar-refractivity contribution is -0.138. The highest BCUT2D eigenvalue weighted by molar-refractivity contribution is 6.50. The van der Waals surface area contributed by atoms with Gasteiger partial charge in [0.2, 0.25) is 5.78 Å². The molecule has 132 valence electrons. The number of nitrogens with two attached hydrogens (primary N) is 1. The molecule has 0 saturated carbocycles. The highest BCUT2D eigenvalue weighted by Crippen LogP contribution is 2.23. The number of carbonyl (C=O) groups excluding carboxylic acids is 3. The third kappa shape index (κ3) is 3.19. The van der Waals surface area contributed by atoms with E-state index < -0.39 is 23.5 Å². The van der Waals surface area contributed by atoms with Gasteiger partial charge in [0.1, 0.15) is 5.84 Å². The molecule has 2 amide bonds. The number of hydrogen-bond donors (Lipinski definition) is 2. The van der Waals surface area contributed by atoms with Gasteiger partial charge in [-0.25, -0.2) is 0 Å². The Morgan fingerprint density at radius 3 is 2.50 bits per heavy atom. The van der Waals surface area contributed by atoms with Crippen LogP contribution in [-0.4, -0.2) is 23.4 Å². The van der Waals surface area contributed by atoms with E-state index in [2.05, 4.69) is 10.4 Å². The molecule has 0 aliphatic carbocycles. The number of ketones is 1. The lowest BCUT2D eigenvalue weighted by Gasteiger charge is -2.14. The third-order valence-electron chi connectivity index (χ3n) is 4.09. The molecule has 2 aromatic carbocycles. The van der Waals surface area contributed by atoms with Crippen molar-refractivity contribution < 1.29 is 14.4 Å². The third-order valence-corrected chi connectivity index (χ3v) is 4.09. The summed E-state index contributed by atoms with van der Waals surface area (Å²) in [5.74, 6) is -4.09. The van der Waals surface area contributed by atoms with Gasteiger partial charge in [0, 0.05) is 5.69 Å². The molecular weight excluding hydrogens is 332 g/mol. The average Bonchev–Trinajstić information content (AvgIpc) is 2.92. The van der Waals surface area contributed by atoms with Crippen molar-refractivity contribution in [1.82, 2.24) is 0 Å². The summed E-state index contributed by atoms with van der Waals surface area (Å²) in [6.45, 7) is 3.69. The monoisotopic (exact) mass is 350 g/mol. The van der Waals surface area contributed by atoms with E-state index in [9.17, 15) is 14.4 Å². The second-order valence-corrected chi connectivity index (χ2v) is 6.08. The minimum absolute atomic E-state index is 0.194. The van der Waals surface area contributed by atoms with E-state index in [1.165, 1.54) is 0 Å². The highest BCUT2D eigenvalue weighted by Gasteiger charge is 2.43.